The number of ketones is 1. The molecule has 10 atom stereocenters. The summed E-state index contributed by atoms with van der Waals surface area (Å²) >= 11 is 0. The summed E-state index contributed by atoms with van der Waals surface area (Å²) in [5, 5.41) is 13.2. The van der Waals surface area contributed by atoms with Crippen molar-refractivity contribution in [1.29, 1.82) is 0 Å². The zero-order valence-corrected chi connectivity index (χ0v) is 44.1. The molecule has 1 aliphatic heterocycles. The highest BCUT2D eigenvalue weighted by Gasteiger charge is 2.43. The van der Waals surface area contributed by atoms with Gasteiger partial charge in [-0.15, -0.1) is 0 Å². The molecule has 1 aromatic carbocycles. The molecule has 0 bridgehead atoms. The monoisotopic (exact) mass is 985 g/mol. The van der Waals surface area contributed by atoms with Crippen LogP contribution < -0.4 is 31.3 Å². The lowest BCUT2D eigenvalue weighted by Gasteiger charge is -2.37. The molecule has 0 radical (unpaired) electrons. The minimum atomic E-state index is -1.79. The van der Waals surface area contributed by atoms with Crippen molar-refractivity contribution in [3.8, 4) is 5.75 Å². The number of cyclic esters (lactones) is 1. The van der Waals surface area contributed by atoms with E-state index in [1.807, 2.05) is 6.92 Å². The molecule has 0 aliphatic carbocycles. The van der Waals surface area contributed by atoms with Crippen molar-refractivity contribution in [2.75, 3.05) is 41.3 Å². The number of nitrogens with zero attached hydrogens (tertiary/aromatic N) is 3. The fourth-order valence-corrected chi connectivity index (χ4v) is 8.18. The lowest BCUT2D eigenvalue weighted by Crippen LogP contribution is -2.60. The number of hydrogen-bond acceptors (Lipinski definition) is 12. The first kappa shape index (κ1) is 60.0. The molecule has 0 saturated carbocycles. The van der Waals surface area contributed by atoms with Crippen LogP contribution in [0, 0.1) is 29.1 Å². The number of ether oxygens (including phenoxy) is 2. The zero-order chi connectivity index (χ0) is 53.5. The molecular formula is C50H80N8O12. The zero-order valence-electron chi connectivity index (χ0n) is 44.1. The summed E-state index contributed by atoms with van der Waals surface area (Å²) in [6, 6.07) is 0.0462. The Bertz CT molecular complexity index is 2040. The summed E-state index contributed by atoms with van der Waals surface area (Å²) in [6.07, 6.45) is -0.234. The average Bonchev–Trinajstić information content (AvgIpc) is 3.32. The number of Topliss-reactive ketones (excluding diaryl/α,β-unsaturated/α-hetero) is 1. The van der Waals surface area contributed by atoms with Crippen molar-refractivity contribution in [3.63, 3.8) is 0 Å². The number of esters is 1. The summed E-state index contributed by atoms with van der Waals surface area (Å²) in [5.74, 6) is -8.89. The number of carbonyl (C=O) groups excluding carboxylic acids is 10. The van der Waals surface area contributed by atoms with Gasteiger partial charge in [-0.2, -0.15) is 0 Å². The number of likely N-dealkylation sites (N-methyl/N-ethyl adjacent to an activating group) is 3. The van der Waals surface area contributed by atoms with Gasteiger partial charge in [0, 0.05) is 39.5 Å². The Morgan fingerprint density at radius 3 is 1.70 bits per heavy atom. The molecule has 1 saturated heterocycles. The third-order valence-electron chi connectivity index (χ3n) is 13.6. The maximum atomic E-state index is 14.6. The predicted octanol–water partition coefficient (Wildman–Crippen LogP) is 1.76. The normalized spacial score (nSPS) is 27.1. The number of rotatable bonds is 9. The third-order valence-corrected chi connectivity index (χ3v) is 13.6. The van der Waals surface area contributed by atoms with Gasteiger partial charge in [0.15, 0.2) is 11.9 Å². The number of amides is 8. The lowest BCUT2D eigenvalue weighted by atomic mass is 9.83. The molecule has 1 fully saturated rings. The van der Waals surface area contributed by atoms with Gasteiger partial charge in [-0.3, -0.25) is 47.9 Å². The van der Waals surface area contributed by atoms with E-state index in [1.165, 1.54) is 77.6 Å². The van der Waals surface area contributed by atoms with Crippen molar-refractivity contribution in [1.82, 2.24) is 41.3 Å². The van der Waals surface area contributed by atoms with Crippen LogP contribution in [0.15, 0.2) is 24.3 Å². The van der Waals surface area contributed by atoms with Crippen LogP contribution in [0.1, 0.15) is 108 Å². The molecule has 0 aromatic heterocycles. The highest BCUT2D eigenvalue weighted by molar-refractivity contribution is 6.09. The van der Waals surface area contributed by atoms with Crippen molar-refractivity contribution in [2.24, 2.45) is 29.1 Å². The second-order valence-electron chi connectivity index (χ2n) is 19.5. The predicted molar refractivity (Wildman–Crippen MR) is 261 cm³/mol. The molecule has 1 unspecified atom stereocenters. The molecule has 70 heavy (non-hydrogen) atoms. The Labute approximate surface area is 413 Å². The van der Waals surface area contributed by atoms with E-state index < -0.39 is 144 Å². The van der Waals surface area contributed by atoms with Gasteiger partial charge in [-0.1, -0.05) is 67.0 Å². The number of methoxy groups -OCH3 is 1. The number of nitrogens with one attached hydrogen (secondary N) is 5. The van der Waals surface area contributed by atoms with Gasteiger partial charge in [-0.05, 0) is 77.0 Å². The summed E-state index contributed by atoms with van der Waals surface area (Å²) in [5.41, 5.74) is -1.16. The maximum Gasteiger partial charge on any atom is 0.311 e. The van der Waals surface area contributed by atoms with E-state index in [0.717, 1.165) is 0 Å². The van der Waals surface area contributed by atoms with E-state index in [-0.39, 0.29) is 12.8 Å². The SMILES string of the molecule is CC[C@@H](C)[C@@H]1OC(=O)[C@@H](C)[C@@H](CC)NC(=O)[C@H](C)NC(=O)C(C)(C)C(=O)C(C)NC(=O)[C@H](Cc2ccc(OC)cc2)N(C)C(=O)[C@@H](C(C)C)N(C)C(=O)CNC(=O)[C@H]([C@H](C)CC)N(C)C(=O)CNC1=O. The van der Waals surface area contributed by atoms with Gasteiger partial charge < -0.3 is 50.8 Å². The Kier molecular flexibility index (Phi) is 23.0. The maximum absolute atomic E-state index is 14.6. The smallest absolute Gasteiger partial charge is 0.311 e. The first-order valence-electron chi connectivity index (χ1n) is 24.2. The van der Waals surface area contributed by atoms with E-state index in [9.17, 15) is 47.9 Å². The van der Waals surface area contributed by atoms with Crippen LogP contribution in [0.4, 0.5) is 0 Å². The minimum Gasteiger partial charge on any atom is -0.497 e. The van der Waals surface area contributed by atoms with Crippen LogP contribution in [-0.2, 0) is 59.1 Å². The summed E-state index contributed by atoms with van der Waals surface area (Å²) < 4.78 is 11.0. The van der Waals surface area contributed by atoms with Crippen LogP contribution in [0.25, 0.3) is 0 Å². The highest BCUT2D eigenvalue weighted by atomic mass is 16.5. The Balaban J connectivity index is 2.69. The van der Waals surface area contributed by atoms with Crippen molar-refractivity contribution in [2.45, 2.75) is 151 Å². The molecule has 20 heteroatoms. The Morgan fingerprint density at radius 1 is 0.671 bits per heavy atom. The molecule has 20 nitrogen and oxygen atoms in total. The third kappa shape index (κ3) is 15.5. The summed E-state index contributed by atoms with van der Waals surface area (Å²) in [4.78, 5) is 143. The van der Waals surface area contributed by atoms with Crippen molar-refractivity contribution >= 4 is 59.0 Å². The second kappa shape index (κ2) is 26.8. The largest absolute Gasteiger partial charge is 0.497 e. The van der Waals surface area contributed by atoms with Crippen LogP contribution in [0.3, 0.4) is 0 Å². The van der Waals surface area contributed by atoms with Crippen molar-refractivity contribution < 1.29 is 57.4 Å². The van der Waals surface area contributed by atoms with Crippen LogP contribution in [-0.4, -0.2) is 157 Å². The fraction of sp³-hybridized carbons (Fsp3) is 0.680. The van der Waals surface area contributed by atoms with E-state index in [1.54, 1.807) is 65.8 Å². The fourth-order valence-electron chi connectivity index (χ4n) is 8.18. The first-order chi connectivity index (χ1) is 32.6. The van der Waals surface area contributed by atoms with Gasteiger partial charge in [0.2, 0.25) is 41.4 Å². The molecule has 8 amide bonds. The van der Waals surface area contributed by atoms with E-state index in [2.05, 4.69) is 26.6 Å². The summed E-state index contributed by atoms with van der Waals surface area (Å²) in [7, 11) is 5.72. The standard InChI is InChI=1S/C50H80N8O12/c1-17-28(6)40-45(64)51-25-37(59)57(14)39(27(4)5)47(66)56(13)36(24-33-20-22-34(69-16)23-21-33)44(63)53-31(9)42(61)50(11,12)49(68)54-32(10)43(62)55-35(19-3)30(8)48(67)70-41(29(7)18-2)46(65)52-26-38(60)58(40)15/h20-23,27-32,35-36,39-41H,17-19,24-26H2,1-16H3,(H,51,64)(H,52,65)(H,53,63)(H,54,68)(H,55,62)/t28-,29-,30+,31?,32+,35-,36+,39-,40+,41+/m1/s1. The van der Waals surface area contributed by atoms with E-state index in [0.29, 0.717) is 24.2 Å². The van der Waals surface area contributed by atoms with E-state index >= 15 is 0 Å². The lowest BCUT2D eigenvalue weighted by molar-refractivity contribution is -0.163. The first-order valence-corrected chi connectivity index (χ1v) is 24.2. The van der Waals surface area contributed by atoms with E-state index in [4.69, 9.17) is 9.47 Å². The highest BCUT2D eigenvalue weighted by Crippen LogP contribution is 2.23. The molecule has 5 N–H and O–H groups in total. The van der Waals surface area contributed by atoms with Gasteiger partial charge in [-0.25, -0.2) is 0 Å². The van der Waals surface area contributed by atoms with Gasteiger partial charge in [0.05, 0.1) is 32.2 Å². The Morgan fingerprint density at radius 2 is 1.20 bits per heavy atom. The number of carbonyl (C=O) groups is 10. The molecule has 1 heterocycles. The van der Waals surface area contributed by atoms with Gasteiger partial charge >= 0.3 is 5.97 Å². The van der Waals surface area contributed by atoms with Gasteiger partial charge in [0.25, 0.3) is 5.91 Å². The average molecular weight is 985 g/mol. The minimum absolute atomic E-state index is 0.0333. The van der Waals surface area contributed by atoms with Crippen LogP contribution >= 0.6 is 0 Å². The molecule has 1 aromatic rings. The number of benzene rings is 1. The van der Waals surface area contributed by atoms with Crippen LogP contribution in [0.2, 0.25) is 0 Å². The molecular weight excluding hydrogens is 905 g/mol. The summed E-state index contributed by atoms with van der Waals surface area (Å²) in [6.45, 7) is 18.2. The van der Waals surface area contributed by atoms with Crippen LogP contribution in [0.5, 0.6) is 5.75 Å². The quantitative estimate of drug-likeness (QED) is 0.175. The van der Waals surface area contributed by atoms with Gasteiger partial charge in [0.1, 0.15) is 35.3 Å². The molecule has 2 rings (SSSR count). The number of hydrogen-bond donors (Lipinski definition) is 5. The molecule has 0 spiro atoms. The Hall–Kier alpha value is -6.08. The van der Waals surface area contributed by atoms with Crippen molar-refractivity contribution in [3.05, 3.63) is 29.8 Å². The molecule has 392 valence electrons. The second-order valence-corrected chi connectivity index (χ2v) is 19.5. The topological polar surface area (TPSA) is 259 Å². The molecule has 1 aliphatic rings.